The van der Waals surface area contributed by atoms with Crippen LogP contribution in [0.25, 0.3) is 0 Å². The van der Waals surface area contributed by atoms with Crippen LogP contribution in [0.1, 0.15) is 55.8 Å². The summed E-state index contributed by atoms with van der Waals surface area (Å²) in [6.45, 7) is 3.92. The van der Waals surface area contributed by atoms with E-state index in [-0.39, 0.29) is 42.9 Å². The van der Waals surface area contributed by atoms with Gasteiger partial charge in [0.15, 0.2) is 0 Å². The molecule has 37 heavy (non-hydrogen) atoms. The van der Waals surface area contributed by atoms with E-state index in [1.165, 1.54) is 19.2 Å². The molecule has 1 aliphatic carbocycles. The van der Waals surface area contributed by atoms with Gasteiger partial charge in [-0.2, -0.15) is 0 Å². The molecule has 9 nitrogen and oxygen atoms in total. The number of carbonyl (C=O) groups is 2. The number of hydrogen-bond acceptors (Lipinski definition) is 6. The van der Waals surface area contributed by atoms with Crippen molar-refractivity contribution in [3.05, 3.63) is 35.1 Å². The number of likely N-dealkylation sites (N-methyl/N-ethyl adjacent to an activating group) is 1. The first-order valence-electron chi connectivity index (χ1n) is 13.4. The molecule has 2 fully saturated rings. The minimum atomic E-state index is -0.590. The van der Waals surface area contributed by atoms with Gasteiger partial charge in [-0.1, -0.05) is 18.9 Å². The van der Waals surface area contributed by atoms with Gasteiger partial charge in [0.1, 0.15) is 5.82 Å². The Bertz CT molecular complexity index is 882. The lowest BCUT2D eigenvalue weighted by atomic mass is 9.86. The van der Waals surface area contributed by atoms with Crippen molar-refractivity contribution >= 4 is 12.1 Å². The summed E-state index contributed by atoms with van der Waals surface area (Å²) < 4.78 is 25.0. The average molecular weight is 523 g/mol. The summed E-state index contributed by atoms with van der Waals surface area (Å²) in [7, 11) is 3.11. The molecule has 1 saturated heterocycles. The highest BCUT2D eigenvalue weighted by Crippen LogP contribution is 2.35. The molecule has 10 heteroatoms. The third-order valence-electron chi connectivity index (χ3n) is 7.60. The van der Waals surface area contributed by atoms with Crippen LogP contribution in [0.3, 0.4) is 0 Å². The molecular formula is C27H43FN4O5. The van der Waals surface area contributed by atoms with E-state index in [2.05, 4.69) is 20.7 Å². The number of alkyl carbamates (subject to hydrolysis) is 1. The molecule has 0 radical (unpaired) electrons. The number of carbonyl (C=O) groups excluding carboxylic acids is 2. The molecule has 4 atom stereocenters. The maximum Gasteiger partial charge on any atom is 0.406 e. The summed E-state index contributed by atoms with van der Waals surface area (Å²) in [6.07, 6.45) is 4.24. The Morgan fingerprint density at radius 3 is 2.62 bits per heavy atom. The molecule has 1 aromatic carbocycles. The molecule has 1 heterocycles. The van der Waals surface area contributed by atoms with Gasteiger partial charge in [-0.3, -0.25) is 0 Å². The number of aliphatic hydroxyl groups excluding tert-OH is 1. The second kappa shape index (κ2) is 14.5. The summed E-state index contributed by atoms with van der Waals surface area (Å²) in [5.41, 5.74) is 1.65. The van der Waals surface area contributed by atoms with Gasteiger partial charge in [0.2, 0.25) is 0 Å². The lowest BCUT2D eigenvalue weighted by Gasteiger charge is -2.38. The van der Waals surface area contributed by atoms with E-state index in [0.717, 1.165) is 49.7 Å². The predicted molar refractivity (Wildman–Crippen MR) is 139 cm³/mol. The van der Waals surface area contributed by atoms with Crippen molar-refractivity contribution in [2.24, 2.45) is 11.8 Å². The fourth-order valence-corrected chi connectivity index (χ4v) is 5.60. The fourth-order valence-electron chi connectivity index (χ4n) is 5.60. The fraction of sp³-hybridized carbons (Fsp3) is 0.704. The second-order valence-corrected chi connectivity index (χ2v) is 10.2. The molecule has 208 valence electrons. The van der Waals surface area contributed by atoms with Crippen LogP contribution in [-0.2, 0) is 9.47 Å². The van der Waals surface area contributed by atoms with Crippen LogP contribution in [0.4, 0.5) is 14.0 Å². The molecule has 2 aliphatic rings. The zero-order valence-corrected chi connectivity index (χ0v) is 22.3. The predicted octanol–water partition coefficient (Wildman–Crippen LogP) is 3.11. The monoisotopic (exact) mass is 522 g/mol. The molecule has 3 rings (SSSR count). The Labute approximate surface area is 219 Å². The number of methoxy groups -OCH3 is 1. The number of amides is 3. The molecular weight excluding hydrogens is 479 g/mol. The number of hydrogen-bond donors (Lipinski definition) is 4. The van der Waals surface area contributed by atoms with Crippen molar-refractivity contribution in [3.8, 4) is 0 Å². The Morgan fingerprint density at radius 1 is 1.19 bits per heavy atom. The molecule has 0 spiro atoms. The Kier molecular flexibility index (Phi) is 11.4. The topological polar surface area (TPSA) is 112 Å². The largest absolute Gasteiger partial charge is 0.453 e. The smallest absolute Gasteiger partial charge is 0.406 e. The number of rotatable bonds is 11. The van der Waals surface area contributed by atoms with E-state index in [4.69, 9.17) is 4.74 Å². The summed E-state index contributed by atoms with van der Waals surface area (Å²) in [6, 6.07) is 4.07. The first-order valence-corrected chi connectivity index (χ1v) is 13.4. The average Bonchev–Trinajstić information content (AvgIpc) is 3.44. The Morgan fingerprint density at radius 2 is 1.92 bits per heavy atom. The van der Waals surface area contributed by atoms with Crippen LogP contribution < -0.4 is 16.0 Å². The Hall–Kier alpha value is -2.43. The van der Waals surface area contributed by atoms with E-state index in [1.54, 1.807) is 11.0 Å². The van der Waals surface area contributed by atoms with E-state index in [0.29, 0.717) is 19.6 Å². The second-order valence-electron chi connectivity index (χ2n) is 10.2. The van der Waals surface area contributed by atoms with Crippen LogP contribution in [0.15, 0.2) is 18.2 Å². The maximum atomic E-state index is 14.2. The first kappa shape index (κ1) is 29.1. The van der Waals surface area contributed by atoms with Crippen molar-refractivity contribution in [3.63, 3.8) is 0 Å². The molecule has 1 aliphatic heterocycles. The van der Waals surface area contributed by atoms with Gasteiger partial charge in [0.25, 0.3) is 0 Å². The van der Waals surface area contributed by atoms with Gasteiger partial charge < -0.3 is 35.4 Å². The number of nitrogens with zero attached hydrogens (tertiary/aromatic N) is 1. The number of nitrogens with one attached hydrogen (secondary N) is 3. The maximum absolute atomic E-state index is 14.2. The van der Waals surface area contributed by atoms with Gasteiger partial charge in [-0.15, -0.1) is 0 Å². The molecule has 1 saturated carbocycles. The van der Waals surface area contributed by atoms with Crippen molar-refractivity contribution in [2.75, 3.05) is 46.9 Å². The Balaban J connectivity index is 1.69. The lowest BCUT2D eigenvalue weighted by molar-refractivity contribution is -0.00970. The molecule has 0 bridgehead atoms. The number of piperidine rings is 1. The molecule has 0 aromatic heterocycles. The normalized spacial score (nSPS) is 20.8. The molecule has 1 unspecified atom stereocenters. The van der Waals surface area contributed by atoms with Crippen molar-refractivity contribution in [2.45, 2.75) is 63.7 Å². The van der Waals surface area contributed by atoms with E-state index in [1.807, 2.05) is 14.0 Å². The van der Waals surface area contributed by atoms with Crippen LogP contribution in [0.5, 0.6) is 0 Å². The third kappa shape index (κ3) is 8.28. The number of benzene rings is 1. The molecule has 3 amide bonds. The summed E-state index contributed by atoms with van der Waals surface area (Å²) in [5, 5.41) is 19.7. The zero-order chi connectivity index (χ0) is 26.8. The van der Waals surface area contributed by atoms with Gasteiger partial charge in [0, 0.05) is 32.1 Å². The standard InChI is InChI=1S/C27H43FN4O5/c1-18-10-11-21(28)15-22(18)25(37-14-12-30-27(35)36-3)20-9-6-13-32(17-20)26(34)31-23(16-29-2)24(33)19-7-4-5-8-19/h10-11,15,19-20,23-25,29,33H,4-9,12-14,16-17H2,1-3H3,(H,30,35)(H,31,34)/t20-,23-,24-,25?/m1/s1. The van der Waals surface area contributed by atoms with Crippen LogP contribution in [0, 0.1) is 24.6 Å². The van der Waals surface area contributed by atoms with E-state index < -0.39 is 18.3 Å². The number of likely N-dealkylation sites (tertiary alicyclic amines) is 1. The lowest BCUT2D eigenvalue weighted by Crippen LogP contribution is -2.56. The highest BCUT2D eigenvalue weighted by Gasteiger charge is 2.35. The van der Waals surface area contributed by atoms with Gasteiger partial charge in [-0.05, 0) is 68.8 Å². The van der Waals surface area contributed by atoms with Gasteiger partial charge in [0.05, 0.1) is 32.0 Å². The highest BCUT2D eigenvalue weighted by atomic mass is 19.1. The zero-order valence-electron chi connectivity index (χ0n) is 22.3. The van der Waals surface area contributed by atoms with Crippen LogP contribution in [-0.4, -0.2) is 81.2 Å². The first-order chi connectivity index (χ1) is 17.8. The number of aryl methyl sites for hydroxylation is 1. The molecule has 4 N–H and O–H groups in total. The van der Waals surface area contributed by atoms with E-state index in [9.17, 15) is 19.1 Å². The van der Waals surface area contributed by atoms with Crippen molar-refractivity contribution in [1.82, 2.24) is 20.9 Å². The molecule has 1 aromatic rings. The van der Waals surface area contributed by atoms with Crippen LogP contribution >= 0.6 is 0 Å². The number of urea groups is 1. The van der Waals surface area contributed by atoms with Crippen LogP contribution in [0.2, 0.25) is 0 Å². The minimum Gasteiger partial charge on any atom is -0.453 e. The van der Waals surface area contributed by atoms with E-state index >= 15 is 0 Å². The van der Waals surface area contributed by atoms with Gasteiger partial charge >= 0.3 is 12.1 Å². The summed E-state index contributed by atoms with van der Waals surface area (Å²) >= 11 is 0. The summed E-state index contributed by atoms with van der Waals surface area (Å²) in [4.78, 5) is 26.5. The number of ether oxygens (including phenoxy) is 2. The van der Waals surface area contributed by atoms with Crippen molar-refractivity contribution < 1.29 is 28.6 Å². The number of halogens is 1. The van der Waals surface area contributed by atoms with Crippen molar-refractivity contribution in [1.29, 1.82) is 0 Å². The van der Waals surface area contributed by atoms with Gasteiger partial charge in [-0.25, -0.2) is 14.0 Å². The number of aliphatic hydroxyl groups is 1. The highest BCUT2D eigenvalue weighted by molar-refractivity contribution is 5.74. The third-order valence-corrected chi connectivity index (χ3v) is 7.60. The summed E-state index contributed by atoms with van der Waals surface area (Å²) in [5.74, 6) is -0.191. The quantitative estimate of drug-likeness (QED) is 0.332. The minimum absolute atomic E-state index is 0.0550. The SMILES string of the molecule is CNC[C@@H](NC(=O)N1CCC[C@@H](C(OCCNC(=O)OC)c2cc(F)ccc2C)C1)[C@H](O)C1CCCC1.